The molecule has 3 nitrogen and oxygen atoms in total. The number of aromatic nitrogens is 2. The molecule has 7 rings (SSSR count). The molecule has 0 atom stereocenters. The second-order valence-electron chi connectivity index (χ2n) is 13.4. The third-order valence-corrected chi connectivity index (χ3v) is 8.50. The molecule has 0 fully saturated rings. The monoisotopic (exact) mass is 731 g/mol. The van der Waals surface area contributed by atoms with Gasteiger partial charge in [0.05, 0.1) is 11.2 Å². The van der Waals surface area contributed by atoms with Gasteiger partial charge in [-0.3, -0.25) is 4.68 Å². The van der Waals surface area contributed by atoms with Crippen LogP contribution in [-0.4, -0.2) is 9.78 Å². The van der Waals surface area contributed by atoms with Crippen LogP contribution in [0.5, 0.6) is 0 Å². The smallest absolute Gasteiger partial charge is 0.674 e. The van der Waals surface area contributed by atoms with Crippen molar-refractivity contribution in [1.29, 1.82) is 0 Å². The van der Waals surface area contributed by atoms with Crippen molar-refractivity contribution in [1.82, 2.24) is 9.78 Å². The molecule has 6 aromatic carbocycles. The minimum Gasteiger partial charge on any atom is -0.674 e. The first-order chi connectivity index (χ1) is 23.6. The Labute approximate surface area is 318 Å². The van der Waals surface area contributed by atoms with Gasteiger partial charge >= 0.3 is 26.2 Å². The summed E-state index contributed by atoms with van der Waals surface area (Å²) in [4.78, 5) is 0. The molecule has 1 heterocycles. The number of fused-ring (bicyclic) bond motifs is 2. The molecular formula is C46H47N3Zr-. The van der Waals surface area contributed by atoms with E-state index in [1.165, 1.54) is 16.5 Å². The van der Waals surface area contributed by atoms with E-state index in [0.29, 0.717) is 11.8 Å². The van der Waals surface area contributed by atoms with E-state index in [1.807, 2.05) is 71.4 Å². The van der Waals surface area contributed by atoms with Gasteiger partial charge < -0.3 is 5.32 Å². The van der Waals surface area contributed by atoms with Gasteiger partial charge in [-0.2, -0.15) is 72.5 Å². The first-order valence-electron chi connectivity index (χ1n) is 17.0. The molecule has 0 bridgehead atoms. The summed E-state index contributed by atoms with van der Waals surface area (Å²) < 4.78 is 2.04. The first kappa shape index (κ1) is 38.3. The third kappa shape index (κ3) is 9.17. The summed E-state index contributed by atoms with van der Waals surface area (Å²) in [5, 5.41) is 14.1. The van der Waals surface area contributed by atoms with Gasteiger partial charge in [0.25, 0.3) is 0 Å². The van der Waals surface area contributed by atoms with Crippen LogP contribution < -0.4 is 0 Å². The molecule has 7 aromatic rings. The average molecular weight is 733 g/mol. The molecule has 0 aliphatic carbocycles. The molecule has 1 radical (unpaired) electrons. The Kier molecular flexibility index (Phi) is 13.3. The van der Waals surface area contributed by atoms with E-state index in [0.717, 1.165) is 44.5 Å². The first-order valence-corrected chi connectivity index (χ1v) is 17.0. The quantitative estimate of drug-likeness (QED) is 0.157. The fraction of sp³-hybridized carbons (Fsp3) is 0.196. The van der Waals surface area contributed by atoms with Gasteiger partial charge in [0.15, 0.2) is 0 Å². The molecule has 0 N–H and O–H groups in total. The normalized spacial score (nSPS) is 11.0. The molecule has 0 spiro atoms. The summed E-state index contributed by atoms with van der Waals surface area (Å²) in [5.41, 5.74) is 8.31. The van der Waals surface area contributed by atoms with Crippen LogP contribution in [0.1, 0.15) is 81.3 Å². The minimum absolute atomic E-state index is 0. The van der Waals surface area contributed by atoms with Crippen molar-refractivity contribution >= 4 is 27.4 Å². The number of rotatable bonds is 6. The maximum absolute atomic E-state index is 5.44. The zero-order valence-electron chi connectivity index (χ0n) is 30.2. The molecule has 0 unspecified atom stereocenters. The van der Waals surface area contributed by atoms with Crippen molar-refractivity contribution in [2.75, 3.05) is 0 Å². The average Bonchev–Trinajstić information content (AvgIpc) is 3.50. The number of hydrogen-bond acceptors (Lipinski definition) is 1. The molecule has 0 aliphatic heterocycles. The van der Waals surface area contributed by atoms with E-state index in [2.05, 4.69) is 134 Å². The van der Waals surface area contributed by atoms with Gasteiger partial charge in [0, 0.05) is 5.39 Å². The molecule has 0 saturated carbocycles. The predicted molar refractivity (Wildman–Crippen MR) is 210 cm³/mol. The number of para-hydroxylation sites is 2. The maximum atomic E-state index is 5.44. The van der Waals surface area contributed by atoms with Crippen LogP contribution in [0.4, 0.5) is 5.69 Å². The van der Waals surface area contributed by atoms with Crippen molar-refractivity contribution < 1.29 is 26.2 Å². The van der Waals surface area contributed by atoms with Crippen LogP contribution in [-0.2, 0) is 31.7 Å². The van der Waals surface area contributed by atoms with Crippen LogP contribution in [0.2, 0.25) is 0 Å². The van der Waals surface area contributed by atoms with Crippen LogP contribution in [0, 0.1) is 19.9 Å². The van der Waals surface area contributed by atoms with Gasteiger partial charge in [-0.05, 0) is 23.6 Å². The molecular weight excluding hydrogens is 686 g/mol. The molecule has 50 heavy (non-hydrogen) atoms. The van der Waals surface area contributed by atoms with E-state index in [4.69, 9.17) is 10.4 Å². The van der Waals surface area contributed by atoms with Crippen molar-refractivity contribution in [3.8, 4) is 5.69 Å². The van der Waals surface area contributed by atoms with E-state index in [9.17, 15) is 0 Å². The van der Waals surface area contributed by atoms with Crippen LogP contribution in [0.25, 0.3) is 32.7 Å². The molecule has 4 heteroatoms. The van der Waals surface area contributed by atoms with Gasteiger partial charge in [-0.15, -0.1) is 46.8 Å². The summed E-state index contributed by atoms with van der Waals surface area (Å²) in [6.07, 6.45) is 0. The largest absolute Gasteiger partial charge is 3.00 e. The number of nitrogens with zero attached hydrogens (tertiary/aromatic N) is 3. The summed E-state index contributed by atoms with van der Waals surface area (Å²) in [7, 11) is 0. The van der Waals surface area contributed by atoms with Gasteiger partial charge in [-0.1, -0.05) is 125 Å². The van der Waals surface area contributed by atoms with Crippen LogP contribution >= 0.6 is 0 Å². The van der Waals surface area contributed by atoms with Crippen molar-refractivity contribution in [2.45, 2.75) is 58.9 Å². The van der Waals surface area contributed by atoms with Gasteiger partial charge in [0.2, 0.25) is 0 Å². The Morgan fingerprint density at radius 1 is 0.620 bits per heavy atom. The molecule has 0 amide bonds. The summed E-state index contributed by atoms with van der Waals surface area (Å²) in [5.74, 6) is 0.783. The predicted octanol–water partition coefficient (Wildman–Crippen LogP) is 12.9. The summed E-state index contributed by atoms with van der Waals surface area (Å²) >= 11 is 0. The number of hydrogen-bond donors (Lipinski definition) is 0. The summed E-state index contributed by atoms with van der Waals surface area (Å²) in [6, 6.07) is 50.7. The van der Waals surface area contributed by atoms with E-state index in [1.54, 1.807) is 0 Å². The van der Waals surface area contributed by atoms with Gasteiger partial charge in [-0.25, -0.2) is 0 Å². The topological polar surface area (TPSA) is 31.9 Å². The van der Waals surface area contributed by atoms with Crippen molar-refractivity contribution in [3.63, 3.8) is 0 Å². The van der Waals surface area contributed by atoms with Gasteiger partial charge in [0.1, 0.15) is 0 Å². The van der Waals surface area contributed by atoms with Crippen molar-refractivity contribution in [3.05, 3.63) is 193 Å². The molecule has 251 valence electrons. The van der Waals surface area contributed by atoms with Crippen molar-refractivity contribution in [2.24, 2.45) is 0 Å². The SMILES string of the molecule is CC(C)c1cccc(C(C)C)c1[N-]C(C)(C)c1nn(-c2[c-]ccc3ccccc23)c2ccccc12.[CH2-]c1ccccc1.[CH2-]c1ccccc1.[Zr+3]. The molecule has 0 aliphatic rings. The maximum Gasteiger partial charge on any atom is 3.00 e. The fourth-order valence-electron chi connectivity index (χ4n) is 5.94. The Bertz CT molecular complexity index is 2020. The number of benzene rings is 6. The zero-order valence-corrected chi connectivity index (χ0v) is 32.6. The zero-order chi connectivity index (χ0) is 35.0. The van der Waals surface area contributed by atoms with E-state index in [-0.39, 0.29) is 26.2 Å². The third-order valence-electron chi connectivity index (χ3n) is 8.50. The Morgan fingerprint density at radius 2 is 1.12 bits per heavy atom. The second kappa shape index (κ2) is 17.4. The van der Waals surface area contributed by atoms with Crippen LogP contribution in [0.3, 0.4) is 0 Å². The Balaban J connectivity index is 0.000000310. The molecule has 1 aromatic heterocycles. The minimum atomic E-state index is -0.524. The fourth-order valence-corrected chi connectivity index (χ4v) is 5.94. The molecule has 0 saturated heterocycles. The Hall–Kier alpha value is -4.53. The standard InChI is InChI=1S/C32H33N3.2C7H7.Zr/c1-21(2)24-17-12-18-25(22(3)4)30(24)33-32(5,6)31-27-16-9-10-19-29(27)35(34-31)28-20-11-14-23-13-7-8-15-26(23)28;2*1-7-5-3-2-4-6-7;/h7-19,21-22H,1-6H3;2*2-6H,1H2;/q-2;2*-1;+3. The van der Waals surface area contributed by atoms with Crippen LogP contribution in [0.15, 0.2) is 140 Å². The van der Waals surface area contributed by atoms with E-state index >= 15 is 0 Å². The van der Waals surface area contributed by atoms with E-state index < -0.39 is 5.54 Å². The summed E-state index contributed by atoms with van der Waals surface area (Å²) in [6.45, 7) is 20.8. The second-order valence-corrected chi connectivity index (χ2v) is 13.4. The Morgan fingerprint density at radius 3 is 1.64 bits per heavy atom.